The Kier molecular flexibility index (Phi) is 5.21. The summed E-state index contributed by atoms with van der Waals surface area (Å²) in [5.74, 6) is 1.14. The Morgan fingerprint density at radius 2 is 1.43 bits per heavy atom. The predicted molar refractivity (Wildman–Crippen MR) is 79.2 cm³/mol. The molecule has 109 valence electrons. The summed E-state index contributed by atoms with van der Waals surface area (Å²) in [6.07, 6.45) is 1.45. The minimum absolute atomic E-state index is 0.232. The number of hydrogen-bond acceptors (Lipinski definition) is 4. The van der Waals surface area contributed by atoms with Crippen LogP contribution in [0.1, 0.15) is 11.1 Å². The number of methoxy groups -OCH3 is 2. The van der Waals surface area contributed by atoms with Gasteiger partial charge in [0.05, 0.1) is 20.6 Å². The molecule has 4 heteroatoms. The number of esters is 1. The van der Waals surface area contributed by atoms with Gasteiger partial charge in [0.25, 0.3) is 0 Å². The molecule has 0 aromatic heterocycles. The average Bonchev–Trinajstić information content (AvgIpc) is 2.54. The topological polar surface area (TPSA) is 44.8 Å². The van der Waals surface area contributed by atoms with Gasteiger partial charge in [-0.05, 0) is 35.4 Å². The minimum atomic E-state index is -0.379. The van der Waals surface area contributed by atoms with Crippen LogP contribution in [0.5, 0.6) is 11.5 Å². The third kappa shape index (κ3) is 4.53. The van der Waals surface area contributed by atoms with E-state index in [0.717, 1.165) is 22.6 Å². The number of hydrogen-bond donors (Lipinski definition) is 0. The highest BCUT2D eigenvalue weighted by atomic mass is 16.5. The molecule has 0 aliphatic carbocycles. The minimum Gasteiger partial charge on any atom is -0.497 e. The molecule has 0 heterocycles. The standard InChI is InChI=1S/C17H17O4/c1-19-15-7-3-13(4-8-15)11-17(18)21-12-14-5-9-16(20-2)10-6-14/h3-11H,12H2,1-2H3. The van der Waals surface area contributed by atoms with E-state index in [9.17, 15) is 4.79 Å². The molecule has 21 heavy (non-hydrogen) atoms. The summed E-state index contributed by atoms with van der Waals surface area (Å²) >= 11 is 0. The van der Waals surface area contributed by atoms with Crippen LogP contribution in [0.2, 0.25) is 0 Å². The van der Waals surface area contributed by atoms with Crippen LogP contribution in [0.3, 0.4) is 0 Å². The van der Waals surface area contributed by atoms with Gasteiger partial charge < -0.3 is 14.2 Å². The van der Waals surface area contributed by atoms with Crippen LogP contribution in [0.15, 0.2) is 48.5 Å². The van der Waals surface area contributed by atoms with Gasteiger partial charge in [-0.15, -0.1) is 0 Å². The van der Waals surface area contributed by atoms with Crippen molar-refractivity contribution in [3.05, 3.63) is 66.1 Å². The molecule has 2 aromatic carbocycles. The number of carbonyl (C=O) groups is 1. The largest absolute Gasteiger partial charge is 0.497 e. The fourth-order valence-corrected chi connectivity index (χ4v) is 1.75. The number of ether oxygens (including phenoxy) is 3. The number of carbonyl (C=O) groups excluding carboxylic acids is 1. The van der Waals surface area contributed by atoms with Crippen LogP contribution in [-0.2, 0) is 16.1 Å². The third-order valence-electron chi connectivity index (χ3n) is 2.94. The Labute approximate surface area is 124 Å². The Balaban J connectivity index is 1.83. The van der Waals surface area contributed by atoms with Crippen LogP contribution in [0, 0.1) is 6.42 Å². The summed E-state index contributed by atoms with van der Waals surface area (Å²) in [7, 11) is 3.21. The van der Waals surface area contributed by atoms with E-state index in [-0.39, 0.29) is 12.6 Å². The summed E-state index contributed by atoms with van der Waals surface area (Å²) in [5.41, 5.74) is 1.68. The fraction of sp³-hybridized carbons (Fsp3) is 0.176. The summed E-state index contributed by atoms with van der Waals surface area (Å²) in [5, 5.41) is 0. The molecule has 0 unspecified atom stereocenters. The molecule has 0 bridgehead atoms. The first-order valence-corrected chi connectivity index (χ1v) is 6.50. The Morgan fingerprint density at radius 1 is 0.905 bits per heavy atom. The number of rotatable bonds is 6. The van der Waals surface area contributed by atoms with Gasteiger partial charge in [-0.2, -0.15) is 0 Å². The normalized spacial score (nSPS) is 10.0. The maximum absolute atomic E-state index is 11.7. The summed E-state index contributed by atoms with van der Waals surface area (Å²) < 4.78 is 15.3. The van der Waals surface area contributed by atoms with Crippen molar-refractivity contribution in [2.24, 2.45) is 0 Å². The Hall–Kier alpha value is -2.49. The molecule has 0 amide bonds. The molecule has 0 spiro atoms. The van der Waals surface area contributed by atoms with E-state index in [4.69, 9.17) is 14.2 Å². The van der Waals surface area contributed by atoms with E-state index in [1.807, 2.05) is 24.3 Å². The quantitative estimate of drug-likeness (QED) is 0.765. The molecule has 0 N–H and O–H groups in total. The zero-order valence-electron chi connectivity index (χ0n) is 12.0. The zero-order valence-corrected chi connectivity index (χ0v) is 12.0. The van der Waals surface area contributed by atoms with E-state index < -0.39 is 0 Å². The van der Waals surface area contributed by atoms with Gasteiger partial charge >= 0.3 is 5.97 Å². The van der Waals surface area contributed by atoms with E-state index in [1.165, 1.54) is 6.42 Å². The van der Waals surface area contributed by atoms with Crippen molar-refractivity contribution < 1.29 is 19.0 Å². The van der Waals surface area contributed by atoms with Gasteiger partial charge in [0, 0.05) is 0 Å². The van der Waals surface area contributed by atoms with Gasteiger partial charge in [-0.1, -0.05) is 24.3 Å². The molecule has 2 aromatic rings. The molecule has 0 atom stereocenters. The lowest BCUT2D eigenvalue weighted by Gasteiger charge is -2.06. The van der Waals surface area contributed by atoms with Crippen molar-refractivity contribution >= 4 is 5.97 Å². The lowest BCUT2D eigenvalue weighted by atomic mass is 10.1. The maximum Gasteiger partial charge on any atom is 0.314 e. The van der Waals surface area contributed by atoms with Crippen LogP contribution in [-0.4, -0.2) is 20.2 Å². The molecule has 0 fully saturated rings. The first kappa shape index (κ1) is 14.9. The second-order valence-corrected chi connectivity index (χ2v) is 4.37. The molecular weight excluding hydrogens is 268 g/mol. The lowest BCUT2D eigenvalue weighted by molar-refractivity contribution is -0.140. The highest BCUT2D eigenvalue weighted by molar-refractivity contribution is 5.83. The summed E-state index contributed by atoms with van der Waals surface area (Å²) in [4.78, 5) is 11.7. The smallest absolute Gasteiger partial charge is 0.314 e. The van der Waals surface area contributed by atoms with E-state index in [0.29, 0.717) is 0 Å². The summed E-state index contributed by atoms with van der Waals surface area (Å²) in [6, 6.07) is 14.6. The Bertz CT molecular complexity index is 573. The summed E-state index contributed by atoms with van der Waals surface area (Å²) in [6.45, 7) is 0.232. The van der Waals surface area contributed by atoms with Crippen LogP contribution in [0.4, 0.5) is 0 Å². The average molecular weight is 285 g/mol. The van der Waals surface area contributed by atoms with Crippen LogP contribution in [0.25, 0.3) is 0 Å². The number of benzene rings is 2. The maximum atomic E-state index is 11.7. The molecule has 2 rings (SSSR count). The fourth-order valence-electron chi connectivity index (χ4n) is 1.75. The zero-order chi connectivity index (χ0) is 15.1. The van der Waals surface area contributed by atoms with Gasteiger partial charge in [-0.3, -0.25) is 4.79 Å². The van der Waals surface area contributed by atoms with Crippen molar-refractivity contribution in [3.8, 4) is 11.5 Å². The molecule has 0 aliphatic rings. The van der Waals surface area contributed by atoms with Crippen LogP contribution >= 0.6 is 0 Å². The second-order valence-electron chi connectivity index (χ2n) is 4.37. The van der Waals surface area contributed by atoms with Crippen molar-refractivity contribution in [2.75, 3.05) is 14.2 Å². The molecule has 1 radical (unpaired) electrons. The molecule has 0 saturated heterocycles. The lowest BCUT2D eigenvalue weighted by Crippen LogP contribution is -2.05. The van der Waals surface area contributed by atoms with Gasteiger partial charge in [0.15, 0.2) is 0 Å². The molecule has 0 aliphatic heterocycles. The van der Waals surface area contributed by atoms with Crippen molar-refractivity contribution in [3.63, 3.8) is 0 Å². The third-order valence-corrected chi connectivity index (χ3v) is 2.94. The molecule has 0 saturated carbocycles. The first-order chi connectivity index (χ1) is 10.2. The highest BCUT2D eigenvalue weighted by Gasteiger charge is 2.06. The van der Waals surface area contributed by atoms with E-state index >= 15 is 0 Å². The predicted octanol–water partition coefficient (Wildman–Crippen LogP) is 3.00. The SMILES string of the molecule is COc1ccc([CH]C(=O)OCc2ccc(OC)cc2)cc1. The van der Waals surface area contributed by atoms with E-state index in [1.54, 1.807) is 38.5 Å². The van der Waals surface area contributed by atoms with Crippen molar-refractivity contribution in [1.82, 2.24) is 0 Å². The highest BCUT2D eigenvalue weighted by Crippen LogP contribution is 2.14. The van der Waals surface area contributed by atoms with E-state index in [2.05, 4.69) is 0 Å². The Morgan fingerprint density at radius 3 is 1.95 bits per heavy atom. The van der Waals surface area contributed by atoms with Gasteiger partial charge in [0.1, 0.15) is 18.1 Å². The monoisotopic (exact) mass is 285 g/mol. The van der Waals surface area contributed by atoms with Crippen molar-refractivity contribution in [1.29, 1.82) is 0 Å². The first-order valence-electron chi connectivity index (χ1n) is 6.50. The molecular formula is C17H17O4. The molecule has 4 nitrogen and oxygen atoms in total. The van der Waals surface area contributed by atoms with Gasteiger partial charge in [0.2, 0.25) is 0 Å². The van der Waals surface area contributed by atoms with Gasteiger partial charge in [-0.25, -0.2) is 0 Å². The van der Waals surface area contributed by atoms with Crippen LogP contribution < -0.4 is 9.47 Å². The van der Waals surface area contributed by atoms with Crippen molar-refractivity contribution in [2.45, 2.75) is 6.61 Å². The second kappa shape index (κ2) is 7.33.